The summed E-state index contributed by atoms with van der Waals surface area (Å²) < 4.78 is 4.95. The lowest BCUT2D eigenvalue weighted by Gasteiger charge is -2.12. The Labute approximate surface area is 167 Å². The first kappa shape index (κ1) is 20.6. The zero-order chi connectivity index (χ0) is 19.8. The quantitative estimate of drug-likeness (QED) is 0.328. The molecule has 0 radical (unpaired) electrons. The molecule has 7 heteroatoms. The number of amides is 1. The van der Waals surface area contributed by atoms with E-state index in [-0.39, 0.29) is 0 Å². The van der Waals surface area contributed by atoms with Crippen LogP contribution in [0.25, 0.3) is 6.08 Å². The van der Waals surface area contributed by atoms with Gasteiger partial charge in [0.05, 0.1) is 0 Å². The van der Waals surface area contributed by atoms with Gasteiger partial charge in [0.15, 0.2) is 6.61 Å². The van der Waals surface area contributed by atoms with E-state index in [0.29, 0.717) is 16.3 Å². The Bertz CT molecular complexity index is 912. The van der Waals surface area contributed by atoms with E-state index in [1.165, 1.54) is 12.2 Å². The normalized spacial score (nSPS) is 10.4. The predicted octanol–water partition coefficient (Wildman–Crippen LogP) is 4.73. The summed E-state index contributed by atoms with van der Waals surface area (Å²) in [5.74, 6) is -1.08. The first-order chi connectivity index (χ1) is 12.9. The number of halogens is 1. The minimum atomic E-state index is -0.640. The molecule has 27 heavy (non-hydrogen) atoms. The molecule has 0 aliphatic carbocycles. The summed E-state index contributed by atoms with van der Waals surface area (Å²) in [5, 5.41) is 14.0. The van der Waals surface area contributed by atoms with Crippen molar-refractivity contribution in [1.29, 1.82) is 5.26 Å². The molecule has 0 unspecified atom stereocenters. The molecule has 2 aromatic rings. The van der Waals surface area contributed by atoms with Crippen molar-refractivity contribution >= 4 is 47.0 Å². The Hall–Kier alpha value is -2.75. The average Bonchev–Trinajstić information content (AvgIpc) is 2.62. The number of hydrogen-bond donors (Lipinski definition) is 1. The number of thiocyanates is 1. The molecule has 0 heterocycles. The van der Waals surface area contributed by atoms with Gasteiger partial charge in [0, 0.05) is 21.7 Å². The number of ether oxygens (including phenoxy) is 1. The standard InChI is InChI=1S/C20H17ClN2O3S/c1-13-9-16(27-12-22)10-14(2)20(13)23-18(24)11-26-19(25)8-7-15-5-3-4-6-17(15)21/h3-10H,11H2,1-2H3,(H,23,24)/b8-7+. The Morgan fingerprint density at radius 2 is 1.93 bits per heavy atom. The topological polar surface area (TPSA) is 79.2 Å². The van der Waals surface area contributed by atoms with Crippen molar-refractivity contribution in [1.82, 2.24) is 0 Å². The number of hydrogen-bond acceptors (Lipinski definition) is 5. The molecule has 1 amide bonds. The number of nitrogens with zero attached hydrogens (tertiary/aromatic N) is 1. The molecule has 0 saturated carbocycles. The molecule has 0 aromatic heterocycles. The van der Waals surface area contributed by atoms with Gasteiger partial charge in [-0.3, -0.25) is 4.79 Å². The molecule has 0 atom stereocenters. The van der Waals surface area contributed by atoms with E-state index in [4.69, 9.17) is 21.6 Å². The van der Waals surface area contributed by atoms with E-state index in [1.807, 2.05) is 31.4 Å². The molecule has 2 aromatic carbocycles. The first-order valence-electron chi connectivity index (χ1n) is 7.97. The molecule has 2 rings (SSSR count). The highest BCUT2D eigenvalue weighted by atomic mass is 35.5. The zero-order valence-corrected chi connectivity index (χ0v) is 16.4. The van der Waals surface area contributed by atoms with Crippen molar-refractivity contribution in [2.75, 3.05) is 11.9 Å². The van der Waals surface area contributed by atoms with Crippen LogP contribution in [0.4, 0.5) is 5.69 Å². The fraction of sp³-hybridized carbons (Fsp3) is 0.150. The lowest BCUT2D eigenvalue weighted by molar-refractivity contribution is -0.142. The number of carbonyl (C=O) groups is 2. The Morgan fingerprint density at radius 1 is 1.26 bits per heavy atom. The average molecular weight is 401 g/mol. The first-order valence-corrected chi connectivity index (χ1v) is 9.16. The van der Waals surface area contributed by atoms with Crippen LogP contribution in [0, 0.1) is 24.5 Å². The minimum Gasteiger partial charge on any atom is -0.452 e. The highest BCUT2D eigenvalue weighted by molar-refractivity contribution is 8.03. The number of benzene rings is 2. The maximum Gasteiger partial charge on any atom is 0.331 e. The molecule has 0 spiro atoms. The number of aryl methyl sites for hydroxylation is 2. The lowest BCUT2D eigenvalue weighted by Crippen LogP contribution is -2.21. The lowest BCUT2D eigenvalue weighted by atomic mass is 10.1. The van der Waals surface area contributed by atoms with Gasteiger partial charge in [-0.15, -0.1) is 0 Å². The smallest absolute Gasteiger partial charge is 0.331 e. The molecule has 138 valence electrons. The van der Waals surface area contributed by atoms with E-state index >= 15 is 0 Å². The van der Waals surface area contributed by atoms with E-state index in [0.717, 1.165) is 27.8 Å². The Kier molecular flexibility index (Phi) is 7.47. The highest BCUT2D eigenvalue weighted by Gasteiger charge is 2.11. The van der Waals surface area contributed by atoms with E-state index in [9.17, 15) is 9.59 Å². The van der Waals surface area contributed by atoms with Gasteiger partial charge in [0.2, 0.25) is 0 Å². The molecule has 0 bridgehead atoms. The van der Waals surface area contributed by atoms with Crippen molar-refractivity contribution in [3.63, 3.8) is 0 Å². The van der Waals surface area contributed by atoms with Gasteiger partial charge in [-0.1, -0.05) is 29.8 Å². The molecule has 0 fully saturated rings. The predicted molar refractivity (Wildman–Crippen MR) is 107 cm³/mol. The largest absolute Gasteiger partial charge is 0.452 e. The molecule has 0 saturated heterocycles. The van der Waals surface area contributed by atoms with E-state index in [1.54, 1.807) is 24.3 Å². The monoisotopic (exact) mass is 400 g/mol. The second-order valence-electron chi connectivity index (χ2n) is 5.64. The molecule has 0 aliphatic rings. The van der Waals surface area contributed by atoms with Gasteiger partial charge in [-0.05, 0) is 66.6 Å². The van der Waals surface area contributed by atoms with Crippen molar-refractivity contribution in [2.24, 2.45) is 0 Å². The van der Waals surface area contributed by atoms with Crippen LogP contribution in [-0.4, -0.2) is 18.5 Å². The van der Waals surface area contributed by atoms with Gasteiger partial charge in [0.25, 0.3) is 5.91 Å². The molecule has 5 nitrogen and oxygen atoms in total. The van der Waals surface area contributed by atoms with Gasteiger partial charge >= 0.3 is 5.97 Å². The van der Waals surface area contributed by atoms with Crippen LogP contribution in [0.1, 0.15) is 16.7 Å². The SMILES string of the molecule is Cc1cc(SC#N)cc(C)c1NC(=O)COC(=O)/C=C/c1ccccc1Cl. The number of esters is 1. The third kappa shape index (κ3) is 6.17. The number of thioether (sulfide) groups is 1. The fourth-order valence-electron chi connectivity index (χ4n) is 2.36. The van der Waals surface area contributed by atoms with Crippen LogP contribution in [-0.2, 0) is 14.3 Å². The maximum absolute atomic E-state index is 12.1. The van der Waals surface area contributed by atoms with Crippen LogP contribution in [0.5, 0.6) is 0 Å². The highest BCUT2D eigenvalue weighted by Crippen LogP contribution is 2.27. The summed E-state index contributed by atoms with van der Waals surface area (Å²) in [4.78, 5) is 24.6. The number of anilines is 1. The number of nitrogens with one attached hydrogen (secondary N) is 1. The summed E-state index contributed by atoms with van der Waals surface area (Å²) in [6.07, 6.45) is 2.75. The summed E-state index contributed by atoms with van der Waals surface area (Å²) in [5.41, 5.74) is 2.98. The van der Waals surface area contributed by atoms with Crippen LogP contribution in [0.15, 0.2) is 47.4 Å². The fourth-order valence-corrected chi connectivity index (χ4v) is 3.14. The summed E-state index contributed by atoms with van der Waals surface area (Å²) in [6.45, 7) is 3.27. The van der Waals surface area contributed by atoms with Gasteiger partial charge in [-0.2, -0.15) is 5.26 Å². The van der Waals surface area contributed by atoms with E-state index in [2.05, 4.69) is 5.32 Å². The molecule has 0 aliphatic heterocycles. The number of rotatable bonds is 6. The summed E-state index contributed by atoms with van der Waals surface area (Å²) in [6, 6.07) is 10.7. The molecular weight excluding hydrogens is 384 g/mol. The van der Waals surface area contributed by atoms with Crippen molar-refractivity contribution in [3.05, 3.63) is 64.2 Å². The van der Waals surface area contributed by atoms with E-state index < -0.39 is 18.5 Å². The third-order valence-corrected chi connectivity index (χ3v) is 4.49. The summed E-state index contributed by atoms with van der Waals surface area (Å²) >= 11 is 7.06. The zero-order valence-electron chi connectivity index (χ0n) is 14.8. The van der Waals surface area contributed by atoms with Crippen LogP contribution in [0.2, 0.25) is 5.02 Å². The molecule has 1 N–H and O–H groups in total. The van der Waals surface area contributed by atoms with Crippen molar-refractivity contribution in [2.45, 2.75) is 18.7 Å². The minimum absolute atomic E-state index is 0.403. The van der Waals surface area contributed by atoms with Crippen LogP contribution in [0.3, 0.4) is 0 Å². The van der Waals surface area contributed by atoms with Crippen molar-refractivity contribution in [3.8, 4) is 5.40 Å². The third-order valence-electron chi connectivity index (χ3n) is 3.58. The van der Waals surface area contributed by atoms with Crippen LogP contribution < -0.4 is 5.32 Å². The second kappa shape index (κ2) is 9.81. The molecular formula is C20H17ClN2O3S. The van der Waals surface area contributed by atoms with Crippen LogP contribution >= 0.6 is 23.4 Å². The van der Waals surface area contributed by atoms with Crippen molar-refractivity contribution < 1.29 is 14.3 Å². The van der Waals surface area contributed by atoms with Gasteiger partial charge in [0.1, 0.15) is 5.40 Å². The number of carbonyl (C=O) groups excluding carboxylic acids is 2. The van der Waals surface area contributed by atoms with Gasteiger partial charge < -0.3 is 10.1 Å². The van der Waals surface area contributed by atoms with Gasteiger partial charge in [-0.25, -0.2) is 4.79 Å². The summed E-state index contributed by atoms with van der Waals surface area (Å²) in [7, 11) is 0. The maximum atomic E-state index is 12.1. The Balaban J connectivity index is 1.92. The second-order valence-corrected chi connectivity index (χ2v) is 6.90. The Morgan fingerprint density at radius 3 is 2.56 bits per heavy atom. The number of nitriles is 1.